The van der Waals surface area contributed by atoms with Gasteiger partial charge in [-0.1, -0.05) is 13.8 Å². The Morgan fingerprint density at radius 3 is 2.18 bits per heavy atom. The van der Waals surface area contributed by atoms with Gasteiger partial charge in [0.05, 0.1) is 6.61 Å². The van der Waals surface area contributed by atoms with E-state index in [0.717, 1.165) is 6.42 Å². The third-order valence-corrected chi connectivity index (χ3v) is 2.42. The van der Waals surface area contributed by atoms with Gasteiger partial charge >= 0.3 is 5.97 Å². The molecule has 0 aliphatic carbocycles. The summed E-state index contributed by atoms with van der Waals surface area (Å²) in [5.74, 6) is -1.44. The van der Waals surface area contributed by atoms with Crippen molar-refractivity contribution >= 4 is 17.5 Å². The summed E-state index contributed by atoms with van der Waals surface area (Å²) in [5.41, 5.74) is 0. The second-order valence-electron chi connectivity index (χ2n) is 4.61. The van der Waals surface area contributed by atoms with E-state index in [1.807, 2.05) is 13.8 Å². The zero-order valence-corrected chi connectivity index (χ0v) is 11.1. The number of carbonyl (C=O) groups excluding carboxylic acids is 3. The predicted molar refractivity (Wildman–Crippen MR) is 64.5 cm³/mol. The van der Waals surface area contributed by atoms with Crippen LogP contribution in [0.2, 0.25) is 0 Å². The van der Waals surface area contributed by atoms with Gasteiger partial charge in [0, 0.05) is 12.8 Å². The molecule has 0 saturated carbocycles. The van der Waals surface area contributed by atoms with Crippen molar-refractivity contribution in [2.45, 2.75) is 47.0 Å². The zero-order valence-electron chi connectivity index (χ0n) is 11.1. The normalized spacial score (nSPS) is 12.3. The van der Waals surface area contributed by atoms with E-state index >= 15 is 0 Å². The molecule has 0 aromatic rings. The van der Waals surface area contributed by atoms with E-state index in [1.54, 1.807) is 6.92 Å². The van der Waals surface area contributed by atoms with Crippen LogP contribution in [0.1, 0.15) is 47.0 Å². The van der Waals surface area contributed by atoms with Gasteiger partial charge in [0.1, 0.15) is 17.5 Å². The SMILES string of the molecule is CCOC(=O)C(CC(C)=O)C(=O)CCC(C)C. The van der Waals surface area contributed by atoms with Crippen molar-refractivity contribution in [3.8, 4) is 0 Å². The molecular formula is C13H22O4. The lowest BCUT2D eigenvalue weighted by molar-refractivity contribution is -0.153. The summed E-state index contributed by atoms with van der Waals surface area (Å²) in [6.45, 7) is 7.31. The Morgan fingerprint density at radius 1 is 1.18 bits per heavy atom. The van der Waals surface area contributed by atoms with Crippen LogP contribution in [0, 0.1) is 11.8 Å². The lowest BCUT2D eigenvalue weighted by Crippen LogP contribution is -2.28. The molecule has 0 saturated heterocycles. The van der Waals surface area contributed by atoms with Gasteiger partial charge in [0.2, 0.25) is 0 Å². The number of carbonyl (C=O) groups is 3. The maximum absolute atomic E-state index is 11.8. The van der Waals surface area contributed by atoms with Crippen LogP contribution in [0.3, 0.4) is 0 Å². The fourth-order valence-electron chi connectivity index (χ4n) is 1.46. The van der Waals surface area contributed by atoms with Crippen LogP contribution in [0.15, 0.2) is 0 Å². The van der Waals surface area contributed by atoms with Gasteiger partial charge in [-0.3, -0.25) is 14.4 Å². The van der Waals surface area contributed by atoms with Crippen LogP contribution in [-0.4, -0.2) is 24.1 Å². The molecule has 1 unspecified atom stereocenters. The summed E-state index contributed by atoms with van der Waals surface area (Å²) in [4.78, 5) is 34.5. The minimum Gasteiger partial charge on any atom is -0.465 e. The fraction of sp³-hybridized carbons (Fsp3) is 0.769. The summed E-state index contributed by atoms with van der Waals surface area (Å²) in [6.07, 6.45) is 1.01. The van der Waals surface area contributed by atoms with Gasteiger partial charge < -0.3 is 4.74 Å². The fourth-order valence-corrected chi connectivity index (χ4v) is 1.46. The van der Waals surface area contributed by atoms with Gasteiger partial charge in [0.25, 0.3) is 0 Å². The standard InChI is InChI=1S/C13H22O4/c1-5-17-13(16)11(8-10(4)14)12(15)7-6-9(2)3/h9,11H,5-8H2,1-4H3. The van der Waals surface area contributed by atoms with E-state index < -0.39 is 11.9 Å². The summed E-state index contributed by atoms with van der Waals surface area (Å²) in [6, 6.07) is 0. The Hall–Kier alpha value is -1.19. The minimum atomic E-state index is -0.911. The molecule has 0 spiro atoms. The third kappa shape index (κ3) is 6.87. The van der Waals surface area contributed by atoms with Crippen molar-refractivity contribution in [1.29, 1.82) is 0 Å². The largest absolute Gasteiger partial charge is 0.465 e. The van der Waals surface area contributed by atoms with Crippen molar-refractivity contribution in [3.63, 3.8) is 0 Å². The first kappa shape index (κ1) is 15.8. The molecule has 0 fully saturated rings. The van der Waals surface area contributed by atoms with Gasteiger partial charge in [0.15, 0.2) is 0 Å². The number of esters is 1. The molecule has 0 bridgehead atoms. The number of hydrogen-bond acceptors (Lipinski definition) is 4. The molecule has 0 aliphatic rings. The number of hydrogen-bond donors (Lipinski definition) is 0. The summed E-state index contributed by atoms with van der Waals surface area (Å²) in [5, 5.41) is 0. The van der Waals surface area contributed by atoms with E-state index in [9.17, 15) is 14.4 Å². The zero-order chi connectivity index (χ0) is 13.4. The van der Waals surface area contributed by atoms with E-state index in [4.69, 9.17) is 4.74 Å². The lowest BCUT2D eigenvalue weighted by atomic mass is 9.93. The molecule has 0 aromatic heterocycles. The maximum atomic E-state index is 11.8. The van der Waals surface area contributed by atoms with Crippen molar-refractivity contribution in [3.05, 3.63) is 0 Å². The lowest BCUT2D eigenvalue weighted by Gasteiger charge is -2.13. The summed E-state index contributed by atoms with van der Waals surface area (Å²) in [7, 11) is 0. The molecule has 0 radical (unpaired) electrons. The second kappa shape index (κ2) is 7.98. The molecule has 98 valence electrons. The maximum Gasteiger partial charge on any atom is 0.316 e. The highest BCUT2D eigenvalue weighted by molar-refractivity contribution is 6.02. The Labute approximate surface area is 103 Å². The molecule has 0 aliphatic heterocycles. The van der Waals surface area contributed by atoms with Crippen LogP contribution < -0.4 is 0 Å². The first-order chi connectivity index (χ1) is 7.88. The van der Waals surface area contributed by atoms with Crippen molar-refractivity contribution in [2.75, 3.05) is 6.61 Å². The molecule has 0 aromatic carbocycles. The Kier molecular flexibility index (Phi) is 7.42. The molecule has 0 N–H and O–H groups in total. The number of ether oxygens (including phenoxy) is 1. The first-order valence-corrected chi connectivity index (χ1v) is 6.07. The predicted octanol–water partition coefficient (Wildman–Crippen LogP) is 2.15. The Balaban J connectivity index is 4.50. The quantitative estimate of drug-likeness (QED) is 0.483. The molecule has 1 atom stereocenters. The van der Waals surface area contributed by atoms with E-state index in [1.165, 1.54) is 6.92 Å². The molecule has 4 nitrogen and oxygen atoms in total. The monoisotopic (exact) mass is 242 g/mol. The molecule has 0 amide bonds. The van der Waals surface area contributed by atoms with Gasteiger partial charge in [-0.05, 0) is 26.2 Å². The first-order valence-electron chi connectivity index (χ1n) is 6.07. The van der Waals surface area contributed by atoms with Gasteiger partial charge in [-0.2, -0.15) is 0 Å². The highest BCUT2D eigenvalue weighted by Crippen LogP contribution is 2.14. The average molecular weight is 242 g/mol. The molecule has 4 heteroatoms. The highest BCUT2D eigenvalue weighted by atomic mass is 16.5. The van der Waals surface area contributed by atoms with Crippen molar-refractivity contribution in [2.24, 2.45) is 11.8 Å². The smallest absolute Gasteiger partial charge is 0.316 e. The third-order valence-electron chi connectivity index (χ3n) is 2.42. The molecule has 0 heterocycles. The topological polar surface area (TPSA) is 60.4 Å². The summed E-state index contributed by atoms with van der Waals surface area (Å²) >= 11 is 0. The van der Waals surface area contributed by atoms with Crippen molar-refractivity contribution < 1.29 is 19.1 Å². The van der Waals surface area contributed by atoms with Crippen LogP contribution in [-0.2, 0) is 19.1 Å². The summed E-state index contributed by atoms with van der Waals surface area (Å²) < 4.78 is 4.82. The van der Waals surface area contributed by atoms with Crippen LogP contribution in [0.25, 0.3) is 0 Å². The molecule has 17 heavy (non-hydrogen) atoms. The van der Waals surface area contributed by atoms with Gasteiger partial charge in [-0.25, -0.2) is 0 Å². The van der Waals surface area contributed by atoms with Crippen LogP contribution in [0.5, 0.6) is 0 Å². The van der Waals surface area contributed by atoms with E-state index in [-0.39, 0.29) is 24.6 Å². The number of rotatable bonds is 8. The Morgan fingerprint density at radius 2 is 1.76 bits per heavy atom. The number of ketones is 2. The average Bonchev–Trinajstić information content (AvgIpc) is 2.22. The van der Waals surface area contributed by atoms with Gasteiger partial charge in [-0.15, -0.1) is 0 Å². The van der Waals surface area contributed by atoms with Crippen LogP contribution in [0.4, 0.5) is 0 Å². The van der Waals surface area contributed by atoms with Crippen LogP contribution >= 0.6 is 0 Å². The molecular weight excluding hydrogens is 220 g/mol. The minimum absolute atomic E-state index is 0.0459. The van der Waals surface area contributed by atoms with Crippen molar-refractivity contribution in [1.82, 2.24) is 0 Å². The second-order valence-corrected chi connectivity index (χ2v) is 4.61. The highest BCUT2D eigenvalue weighted by Gasteiger charge is 2.28. The van der Waals surface area contributed by atoms with E-state index in [0.29, 0.717) is 12.3 Å². The number of Topliss-reactive ketones (excluding diaryl/α,β-unsaturated/α-hetero) is 2. The van der Waals surface area contributed by atoms with E-state index in [2.05, 4.69) is 0 Å². The molecule has 0 rings (SSSR count). The Bertz CT molecular complexity index is 281.